The van der Waals surface area contributed by atoms with Crippen LogP contribution in [-0.2, 0) is 0 Å². The maximum atomic E-state index is 2.84. The van der Waals surface area contributed by atoms with Gasteiger partial charge in [0.05, 0.1) is 22.7 Å². The van der Waals surface area contributed by atoms with E-state index in [0.29, 0.717) is 0 Å². The fourth-order valence-electron chi connectivity index (χ4n) is 14.2. The van der Waals surface area contributed by atoms with E-state index in [0.717, 1.165) is 0 Å². The zero-order valence-corrected chi connectivity index (χ0v) is 32.6. The first-order valence-corrected chi connectivity index (χ1v) is 21.2. The predicted octanol–water partition coefficient (Wildman–Crippen LogP) is 3.41. The van der Waals surface area contributed by atoms with Gasteiger partial charge in [0.25, 0.3) is 0 Å². The Kier molecular flexibility index (Phi) is 4.34. The van der Waals surface area contributed by atoms with Gasteiger partial charge in [0, 0.05) is 11.4 Å². The lowest BCUT2D eigenvalue weighted by Crippen LogP contribution is -2.68. The summed E-state index contributed by atoms with van der Waals surface area (Å²) in [5.74, 6) is 0. The largest absolute Gasteiger partial charge is 0.308 e. The van der Waals surface area contributed by atoms with E-state index in [9.17, 15) is 0 Å². The van der Waals surface area contributed by atoms with Crippen molar-refractivity contribution >= 4 is 127 Å². The van der Waals surface area contributed by atoms with Gasteiger partial charge in [-0.05, 0) is 128 Å². The number of nitrogens with zero attached hydrogens (tertiary/aromatic N) is 2. The van der Waals surface area contributed by atoms with Crippen molar-refractivity contribution in [1.82, 2.24) is 0 Å². The summed E-state index contributed by atoms with van der Waals surface area (Å²) in [5, 5.41) is 0. The molecule has 9 aliphatic rings. The second-order valence-corrected chi connectivity index (χ2v) is 18.9. The minimum atomic E-state index is 0.196. The maximum absolute atomic E-state index is 2.84. The van der Waals surface area contributed by atoms with Crippen LogP contribution in [0, 0.1) is 27.7 Å². The minimum absolute atomic E-state index is 0.196. The molecule has 0 saturated heterocycles. The third-order valence-electron chi connectivity index (χ3n) is 16.2. The summed E-state index contributed by atoms with van der Waals surface area (Å²) in [7, 11) is 0. The molecule has 8 aromatic rings. The molecular formula is C52H30B4N2. The molecule has 6 heteroatoms. The van der Waals surface area contributed by atoms with E-state index in [1.54, 1.807) is 0 Å². The van der Waals surface area contributed by atoms with Gasteiger partial charge in [-0.2, -0.15) is 0 Å². The van der Waals surface area contributed by atoms with Gasteiger partial charge in [-0.15, -0.1) is 0 Å². The first kappa shape index (κ1) is 28.9. The van der Waals surface area contributed by atoms with Crippen molar-refractivity contribution in [2.75, 3.05) is 9.80 Å². The topological polar surface area (TPSA) is 6.48 Å². The molecule has 0 fully saturated rings. The standard InChI is InChI=1S/C52H30B4N2/c1-23-5-9-35-27(17-23)31-21-32-28-18-24(2)6-10-36(28)54-41-15-16-42-50-49(41)57-47-39(53(35)43(31)51(57)44(32)54)13-14-40-48(47)58(50)52-45-33(29-19-25(3)7-11-37(29)55(40)45)22-34-30-20-26(4)8-12-38(30)56(42)46(34)52/h5-22H,1-4H3. The van der Waals surface area contributed by atoms with Gasteiger partial charge in [-0.3, -0.25) is 0 Å². The van der Waals surface area contributed by atoms with E-state index in [4.69, 9.17) is 0 Å². The summed E-state index contributed by atoms with van der Waals surface area (Å²) < 4.78 is 0. The third-order valence-corrected chi connectivity index (χ3v) is 16.2. The molecule has 0 amide bonds. The molecule has 0 atom stereocenters. The number of rotatable bonds is 0. The van der Waals surface area contributed by atoms with Crippen molar-refractivity contribution in [3.8, 4) is 44.5 Å². The fraction of sp³-hybridized carbons (Fsp3) is 0.0769. The van der Waals surface area contributed by atoms with E-state index in [1.807, 2.05) is 0 Å². The average Bonchev–Trinajstić information content (AvgIpc) is 3.94. The highest BCUT2D eigenvalue weighted by molar-refractivity contribution is 7.09. The summed E-state index contributed by atoms with van der Waals surface area (Å²) in [4.78, 5) is 5.69. The molecule has 58 heavy (non-hydrogen) atoms. The van der Waals surface area contributed by atoms with Crippen LogP contribution in [0.15, 0.2) is 109 Å². The second kappa shape index (κ2) is 8.71. The molecule has 8 aromatic carbocycles. The van der Waals surface area contributed by atoms with Crippen LogP contribution in [0.5, 0.6) is 0 Å². The van der Waals surface area contributed by atoms with Crippen LogP contribution >= 0.6 is 0 Å². The van der Waals surface area contributed by atoms with Gasteiger partial charge < -0.3 is 9.80 Å². The average molecular weight is 726 g/mol. The Hall–Kier alpha value is -6.38. The highest BCUT2D eigenvalue weighted by atomic mass is 15.3. The predicted molar refractivity (Wildman–Crippen MR) is 249 cm³/mol. The highest BCUT2D eigenvalue weighted by Crippen LogP contribution is 2.59. The van der Waals surface area contributed by atoms with E-state index in [-0.39, 0.29) is 26.9 Å². The molecule has 0 aliphatic carbocycles. The van der Waals surface area contributed by atoms with Crippen molar-refractivity contribution in [2.45, 2.75) is 27.7 Å². The Labute approximate surface area is 338 Å². The number of benzene rings is 8. The molecule has 0 spiro atoms. The Morgan fingerprint density at radius 2 is 0.500 bits per heavy atom. The zero-order chi connectivity index (χ0) is 37.5. The SMILES string of the molecule is Cc1ccc2c(c1)-c1cc3c4c5c1B2c1ccc2c6c1N5c1c(ccc5c1N6c1c6c(cc7c1B5c1ccc(C)cc1-7)-c1cc(C)ccc1B26)B4c1ccc(C)cc1-3. The second-order valence-electron chi connectivity index (χ2n) is 18.9. The Balaban J connectivity index is 1.11. The molecule has 0 saturated carbocycles. The molecule has 0 bridgehead atoms. The molecule has 0 aromatic heterocycles. The molecule has 260 valence electrons. The van der Waals surface area contributed by atoms with E-state index >= 15 is 0 Å². The van der Waals surface area contributed by atoms with Gasteiger partial charge >= 0.3 is 0 Å². The van der Waals surface area contributed by atoms with Crippen LogP contribution in [0.1, 0.15) is 22.3 Å². The Bertz CT molecular complexity index is 3110. The first-order valence-electron chi connectivity index (χ1n) is 21.2. The first-order chi connectivity index (χ1) is 28.4. The van der Waals surface area contributed by atoms with Crippen LogP contribution in [-0.4, -0.2) is 26.9 Å². The number of hydrogen-bond acceptors (Lipinski definition) is 2. The van der Waals surface area contributed by atoms with Crippen LogP contribution in [0.2, 0.25) is 0 Å². The summed E-state index contributed by atoms with van der Waals surface area (Å²) >= 11 is 0. The monoisotopic (exact) mass is 726 g/mol. The Morgan fingerprint density at radius 3 is 0.759 bits per heavy atom. The molecule has 2 nitrogen and oxygen atoms in total. The van der Waals surface area contributed by atoms with Gasteiger partial charge in [-0.25, -0.2) is 0 Å². The number of fused-ring (bicyclic) bond motifs is 16. The lowest BCUT2D eigenvalue weighted by Gasteiger charge is -2.54. The van der Waals surface area contributed by atoms with E-state index < -0.39 is 0 Å². The Morgan fingerprint density at radius 1 is 0.259 bits per heavy atom. The summed E-state index contributed by atoms with van der Waals surface area (Å²) in [6.07, 6.45) is 0. The van der Waals surface area contributed by atoms with Crippen LogP contribution in [0.25, 0.3) is 44.5 Å². The lowest BCUT2D eigenvalue weighted by molar-refractivity contribution is 1.19. The van der Waals surface area contributed by atoms with Crippen molar-refractivity contribution in [3.63, 3.8) is 0 Å². The molecular weight excluding hydrogens is 696 g/mol. The summed E-state index contributed by atoms with van der Waals surface area (Å²) in [6, 6.07) is 44.6. The molecule has 0 radical (unpaired) electrons. The van der Waals surface area contributed by atoms with Gasteiger partial charge in [-0.1, -0.05) is 141 Å². The van der Waals surface area contributed by atoms with Gasteiger partial charge in [0.15, 0.2) is 0 Å². The van der Waals surface area contributed by atoms with Crippen LogP contribution in [0.3, 0.4) is 0 Å². The smallest absolute Gasteiger partial charge is 0.248 e. The zero-order valence-electron chi connectivity index (χ0n) is 32.6. The molecule has 9 aliphatic heterocycles. The van der Waals surface area contributed by atoms with Crippen LogP contribution in [0.4, 0.5) is 34.1 Å². The van der Waals surface area contributed by atoms with Crippen molar-refractivity contribution < 1.29 is 0 Å². The van der Waals surface area contributed by atoms with E-state index in [2.05, 4.69) is 147 Å². The van der Waals surface area contributed by atoms with Gasteiger partial charge in [0.1, 0.15) is 0 Å². The normalized spacial score (nSPS) is 15.7. The molecule has 17 rings (SSSR count). The lowest BCUT2D eigenvalue weighted by atomic mass is 9.29. The third kappa shape index (κ3) is 2.72. The quantitative estimate of drug-likeness (QED) is 0.222. The molecule has 9 heterocycles. The summed E-state index contributed by atoms with van der Waals surface area (Å²) in [6.45, 7) is 9.84. The molecule has 0 unspecified atom stereocenters. The maximum Gasteiger partial charge on any atom is 0.248 e. The molecule has 0 N–H and O–H groups in total. The van der Waals surface area contributed by atoms with Crippen molar-refractivity contribution in [1.29, 1.82) is 0 Å². The van der Waals surface area contributed by atoms with Crippen molar-refractivity contribution in [3.05, 3.63) is 131 Å². The summed E-state index contributed by atoms with van der Waals surface area (Å²) in [5.41, 5.74) is 43.2. The number of hydrogen-bond donors (Lipinski definition) is 0. The van der Waals surface area contributed by atoms with Gasteiger partial charge in [0.2, 0.25) is 26.9 Å². The van der Waals surface area contributed by atoms with Crippen LogP contribution < -0.4 is 75.4 Å². The number of anilines is 6. The highest BCUT2D eigenvalue weighted by Gasteiger charge is 2.59. The minimum Gasteiger partial charge on any atom is -0.308 e. The van der Waals surface area contributed by atoms with Crippen molar-refractivity contribution in [2.24, 2.45) is 0 Å². The number of aryl methyl sites for hydroxylation is 4. The van der Waals surface area contributed by atoms with E-state index in [1.165, 1.54) is 166 Å². The fourth-order valence-corrected chi connectivity index (χ4v) is 14.2.